The molecular weight excluding hydrogens is 364 g/mol. The van der Waals surface area contributed by atoms with Gasteiger partial charge in [-0.1, -0.05) is 60.4 Å². The normalized spacial score (nSPS) is 10.5. The first-order valence-electron chi connectivity index (χ1n) is 8.29. The molecule has 0 unspecified atom stereocenters. The third-order valence-corrected chi connectivity index (χ3v) is 5.81. The van der Waals surface area contributed by atoms with E-state index in [9.17, 15) is 4.79 Å². The molecule has 0 radical (unpaired) electrons. The van der Waals surface area contributed by atoms with Gasteiger partial charge in [0.1, 0.15) is 0 Å². The average Bonchev–Trinajstić information content (AvgIpc) is 3.14. The fourth-order valence-electron chi connectivity index (χ4n) is 2.28. The number of hydrogen-bond acceptors (Lipinski definition) is 6. The maximum atomic E-state index is 12.3. The Bertz CT molecular complexity index is 849. The fourth-order valence-corrected chi connectivity index (χ4v) is 3.97. The van der Waals surface area contributed by atoms with Crippen molar-refractivity contribution in [2.45, 2.75) is 17.7 Å². The lowest BCUT2D eigenvalue weighted by Crippen LogP contribution is -2.27. The Labute approximate surface area is 161 Å². The predicted octanol–water partition coefficient (Wildman–Crippen LogP) is 4.60. The van der Waals surface area contributed by atoms with Gasteiger partial charge in [0.05, 0.1) is 5.75 Å². The van der Waals surface area contributed by atoms with Gasteiger partial charge in [0.2, 0.25) is 11.0 Å². The smallest absolute Gasteiger partial charge is 0.237 e. The van der Waals surface area contributed by atoms with Crippen LogP contribution in [0, 0.1) is 0 Å². The van der Waals surface area contributed by atoms with Crippen LogP contribution in [-0.2, 0) is 11.2 Å². The van der Waals surface area contributed by atoms with E-state index < -0.39 is 0 Å². The zero-order valence-electron chi connectivity index (χ0n) is 14.7. The fraction of sp³-hybridized carbons (Fsp3) is 0.211. The molecule has 0 atom stereocenters. The highest BCUT2D eigenvalue weighted by Gasteiger charge is 2.13. The number of carbonyl (C=O) groups excluding carboxylic acids is 1. The molecule has 0 aliphatic carbocycles. The monoisotopic (exact) mass is 384 g/mol. The van der Waals surface area contributed by atoms with Crippen molar-refractivity contribution >= 4 is 45.5 Å². The second-order valence-electron chi connectivity index (χ2n) is 5.63. The van der Waals surface area contributed by atoms with Crippen molar-refractivity contribution in [3.8, 4) is 0 Å². The average molecular weight is 385 g/mol. The van der Waals surface area contributed by atoms with Crippen LogP contribution in [0.4, 0.5) is 16.5 Å². The number of amides is 1. The molecule has 1 amide bonds. The number of rotatable bonds is 7. The summed E-state index contributed by atoms with van der Waals surface area (Å²) in [6.07, 6.45) is 1.02. The summed E-state index contributed by atoms with van der Waals surface area (Å²) in [6, 6.07) is 17.9. The van der Waals surface area contributed by atoms with Crippen LogP contribution in [0.3, 0.4) is 0 Å². The van der Waals surface area contributed by atoms with Crippen LogP contribution < -0.4 is 10.2 Å². The Morgan fingerprint density at radius 3 is 2.54 bits per heavy atom. The minimum atomic E-state index is 0.0288. The summed E-state index contributed by atoms with van der Waals surface area (Å²) in [5.41, 5.74) is 3.16. The highest BCUT2D eigenvalue weighted by molar-refractivity contribution is 8.01. The molecule has 3 rings (SSSR count). The van der Waals surface area contributed by atoms with Gasteiger partial charge in [0.25, 0.3) is 0 Å². The molecule has 1 heterocycles. The van der Waals surface area contributed by atoms with Gasteiger partial charge >= 0.3 is 0 Å². The molecule has 1 aromatic heterocycles. The summed E-state index contributed by atoms with van der Waals surface area (Å²) in [5, 5.41) is 12.3. The van der Waals surface area contributed by atoms with Crippen molar-refractivity contribution in [2.75, 3.05) is 23.0 Å². The van der Waals surface area contributed by atoms with Crippen LogP contribution in [-0.4, -0.2) is 28.9 Å². The number of hydrogen-bond donors (Lipinski definition) is 1. The molecule has 2 aromatic carbocycles. The molecule has 134 valence electrons. The molecule has 0 saturated carbocycles. The van der Waals surface area contributed by atoms with E-state index in [1.165, 1.54) is 28.7 Å². The number of benzene rings is 2. The summed E-state index contributed by atoms with van der Waals surface area (Å²) in [4.78, 5) is 14.0. The van der Waals surface area contributed by atoms with E-state index >= 15 is 0 Å². The molecule has 0 saturated heterocycles. The summed E-state index contributed by atoms with van der Waals surface area (Å²) < 4.78 is 0.771. The molecule has 0 fully saturated rings. The number of aromatic nitrogens is 2. The number of nitrogens with one attached hydrogen (secondary N) is 1. The molecular formula is C19H20N4OS2. The second-order valence-corrected chi connectivity index (χ2v) is 7.83. The van der Waals surface area contributed by atoms with Crippen LogP contribution in [0.15, 0.2) is 58.9 Å². The largest absolute Gasteiger partial charge is 0.330 e. The maximum Gasteiger partial charge on any atom is 0.237 e. The molecule has 0 aliphatic heterocycles. The Morgan fingerprint density at radius 2 is 1.85 bits per heavy atom. The highest BCUT2D eigenvalue weighted by atomic mass is 32.2. The lowest BCUT2D eigenvalue weighted by atomic mass is 10.1. The Kier molecular flexibility index (Phi) is 6.25. The molecule has 0 aliphatic rings. The Balaban J connectivity index is 1.54. The lowest BCUT2D eigenvalue weighted by Gasteiger charge is -2.16. The third-order valence-electron chi connectivity index (χ3n) is 3.86. The Hall–Kier alpha value is -2.38. The first-order valence-corrected chi connectivity index (χ1v) is 10.1. The van der Waals surface area contributed by atoms with E-state index in [0.717, 1.165) is 27.3 Å². The number of thioether (sulfide) groups is 1. The predicted molar refractivity (Wildman–Crippen MR) is 110 cm³/mol. The van der Waals surface area contributed by atoms with Gasteiger partial charge in [0.15, 0.2) is 4.34 Å². The topological polar surface area (TPSA) is 58.1 Å². The summed E-state index contributed by atoms with van der Waals surface area (Å²) in [6.45, 7) is 2.13. The molecule has 1 N–H and O–H groups in total. The van der Waals surface area contributed by atoms with Crippen molar-refractivity contribution < 1.29 is 4.79 Å². The van der Waals surface area contributed by atoms with Crippen molar-refractivity contribution in [3.63, 3.8) is 0 Å². The second kappa shape index (κ2) is 8.82. The van der Waals surface area contributed by atoms with Gasteiger partial charge < -0.3 is 10.2 Å². The van der Waals surface area contributed by atoms with E-state index in [1.54, 1.807) is 11.9 Å². The van der Waals surface area contributed by atoms with Gasteiger partial charge in [-0.05, 0) is 36.2 Å². The van der Waals surface area contributed by atoms with Crippen LogP contribution in [0.5, 0.6) is 0 Å². The van der Waals surface area contributed by atoms with Gasteiger partial charge in [-0.25, -0.2) is 0 Å². The molecule has 7 heteroatoms. The van der Waals surface area contributed by atoms with Gasteiger partial charge in [-0.15, -0.1) is 10.2 Å². The Morgan fingerprint density at radius 1 is 1.12 bits per heavy atom. The summed E-state index contributed by atoms with van der Waals surface area (Å²) >= 11 is 2.85. The minimum Gasteiger partial charge on any atom is -0.330 e. The van der Waals surface area contributed by atoms with Crippen molar-refractivity contribution in [1.82, 2.24) is 10.2 Å². The van der Waals surface area contributed by atoms with E-state index in [1.807, 2.05) is 42.5 Å². The molecule has 26 heavy (non-hydrogen) atoms. The SMILES string of the molecule is CCc1ccc(Nc2nnc(SCC(=O)N(C)c3ccccc3)s2)cc1. The third kappa shape index (κ3) is 4.83. The standard InChI is InChI=1S/C19H20N4OS2/c1-3-14-9-11-15(12-10-14)20-18-21-22-19(26-18)25-13-17(24)23(2)16-7-5-4-6-8-16/h4-12H,3,13H2,1-2H3,(H,20,21). The number of nitrogens with zero attached hydrogens (tertiary/aromatic N) is 3. The van der Waals surface area contributed by atoms with Crippen molar-refractivity contribution in [2.24, 2.45) is 0 Å². The van der Waals surface area contributed by atoms with Crippen molar-refractivity contribution in [3.05, 3.63) is 60.2 Å². The van der Waals surface area contributed by atoms with Gasteiger partial charge in [-0.2, -0.15) is 0 Å². The zero-order valence-corrected chi connectivity index (χ0v) is 16.3. The van der Waals surface area contributed by atoms with Crippen LogP contribution in [0.2, 0.25) is 0 Å². The number of aryl methyl sites for hydroxylation is 1. The zero-order chi connectivity index (χ0) is 18.4. The van der Waals surface area contributed by atoms with E-state index in [2.05, 4.69) is 34.6 Å². The van der Waals surface area contributed by atoms with Gasteiger partial charge in [0, 0.05) is 18.4 Å². The maximum absolute atomic E-state index is 12.3. The number of para-hydroxylation sites is 1. The lowest BCUT2D eigenvalue weighted by molar-refractivity contribution is -0.115. The molecule has 3 aromatic rings. The molecule has 5 nitrogen and oxygen atoms in total. The van der Waals surface area contributed by atoms with E-state index in [0.29, 0.717) is 5.75 Å². The van der Waals surface area contributed by atoms with Crippen LogP contribution in [0.1, 0.15) is 12.5 Å². The molecule has 0 bridgehead atoms. The van der Waals surface area contributed by atoms with Gasteiger partial charge in [-0.3, -0.25) is 4.79 Å². The summed E-state index contributed by atoms with van der Waals surface area (Å²) in [5.74, 6) is 0.353. The van der Waals surface area contributed by atoms with Crippen LogP contribution in [0.25, 0.3) is 0 Å². The summed E-state index contributed by atoms with van der Waals surface area (Å²) in [7, 11) is 1.78. The van der Waals surface area contributed by atoms with Crippen molar-refractivity contribution in [1.29, 1.82) is 0 Å². The number of carbonyl (C=O) groups is 1. The highest BCUT2D eigenvalue weighted by Crippen LogP contribution is 2.28. The van der Waals surface area contributed by atoms with E-state index in [-0.39, 0.29) is 5.91 Å². The van der Waals surface area contributed by atoms with E-state index in [4.69, 9.17) is 0 Å². The first kappa shape index (κ1) is 18.4. The number of anilines is 3. The first-order chi connectivity index (χ1) is 12.7. The molecule has 0 spiro atoms. The van der Waals surface area contributed by atoms with Crippen LogP contribution >= 0.6 is 23.1 Å². The quantitative estimate of drug-likeness (QED) is 0.603. The minimum absolute atomic E-state index is 0.0288.